The molecule has 0 spiro atoms. The second-order valence-electron chi connectivity index (χ2n) is 6.94. The molecule has 0 aromatic heterocycles. The van der Waals surface area contributed by atoms with E-state index in [4.69, 9.17) is 0 Å². The van der Waals surface area contributed by atoms with Gasteiger partial charge >= 0.3 is 0 Å². The van der Waals surface area contributed by atoms with Gasteiger partial charge in [-0.3, -0.25) is 0 Å². The molecule has 1 aliphatic rings. The van der Waals surface area contributed by atoms with Crippen LogP contribution in [0.4, 0.5) is 0 Å². The summed E-state index contributed by atoms with van der Waals surface area (Å²) in [7, 11) is 0. The van der Waals surface area contributed by atoms with Gasteiger partial charge in [-0.1, -0.05) is 39.0 Å². The van der Waals surface area contributed by atoms with E-state index < -0.39 is 5.60 Å². The number of rotatable bonds is 1. The first-order valence-corrected chi connectivity index (χ1v) is 7.05. The van der Waals surface area contributed by atoms with Crippen molar-refractivity contribution < 1.29 is 5.11 Å². The van der Waals surface area contributed by atoms with Gasteiger partial charge in [-0.25, -0.2) is 0 Å². The third-order valence-corrected chi connectivity index (χ3v) is 4.93. The quantitative estimate of drug-likeness (QED) is 0.781. The lowest BCUT2D eigenvalue weighted by Gasteiger charge is -2.46. The van der Waals surface area contributed by atoms with E-state index in [9.17, 15) is 5.11 Å². The van der Waals surface area contributed by atoms with E-state index >= 15 is 0 Å². The standard InChI is InChI=1S/C17H26O/c1-12-7-6-8-15(14(12)3)17(18)10-9-16(4,5)11-13(17)2/h6-8,13,18H,9-11H2,1-5H3. The van der Waals surface area contributed by atoms with Crippen LogP contribution in [0.15, 0.2) is 18.2 Å². The molecule has 2 atom stereocenters. The van der Waals surface area contributed by atoms with Gasteiger partial charge in [0.05, 0.1) is 5.60 Å². The summed E-state index contributed by atoms with van der Waals surface area (Å²) >= 11 is 0. The van der Waals surface area contributed by atoms with Crippen molar-refractivity contribution in [3.8, 4) is 0 Å². The molecule has 18 heavy (non-hydrogen) atoms. The summed E-state index contributed by atoms with van der Waals surface area (Å²) in [4.78, 5) is 0. The molecular formula is C17H26O. The Morgan fingerprint density at radius 2 is 1.83 bits per heavy atom. The molecule has 0 saturated heterocycles. The highest BCUT2D eigenvalue weighted by atomic mass is 16.3. The highest BCUT2D eigenvalue weighted by molar-refractivity contribution is 5.38. The van der Waals surface area contributed by atoms with Crippen molar-refractivity contribution in [1.29, 1.82) is 0 Å². The molecular weight excluding hydrogens is 220 g/mol. The molecule has 0 aliphatic heterocycles. The van der Waals surface area contributed by atoms with E-state index in [1.54, 1.807) is 0 Å². The van der Waals surface area contributed by atoms with Crippen LogP contribution < -0.4 is 0 Å². The van der Waals surface area contributed by atoms with Crippen LogP contribution in [0.2, 0.25) is 0 Å². The molecule has 1 N–H and O–H groups in total. The maximum atomic E-state index is 11.1. The van der Waals surface area contributed by atoms with Gasteiger partial charge in [0.15, 0.2) is 0 Å². The fourth-order valence-corrected chi connectivity index (χ4v) is 3.50. The minimum absolute atomic E-state index is 0.321. The first-order valence-electron chi connectivity index (χ1n) is 7.05. The third-order valence-electron chi connectivity index (χ3n) is 4.93. The summed E-state index contributed by atoms with van der Waals surface area (Å²) in [5.41, 5.74) is 3.41. The van der Waals surface area contributed by atoms with Crippen LogP contribution in [0, 0.1) is 25.2 Å². The Labute approximate surface area is 111 Å². The van der Waals surface area contributed by atoms with Gasteiger partial charge in [-0.05, 0) is 61.1 Å². The Bertz CT molecular complexity index is 447. The topological polar surface area (TPSA) is 20.2 Å². The fraction of sp³-hybridized carbons (Fsp3) is 0.647. The highest BCUT2D eigenvalue weighted by Gasteiger charge is 2.44. The van der Waals surface area contributed by atoms with Crippen molar-refractivity contribution in [2.45, 2.75) is 59.5 Å². The predicted octanol–water partition coefficient (Wildman–Crippen LogP) is 4.34. The van der Waals surface area contributed by atoms with Gasteiger partial charge in [0.2, 0.25) is 0 Å². The number of benzene rings is 1. The maximum Gasteiger partial charge on any atom is 0.0924 e. The van der Waals surface area contributed by atoms with Gasteiger partial charge in [0.1, 0.15) is 0 Å². The number of aliphatic hydroxyl groups is 1. The van der Waals surface area contributed by atoms with Crippen molar-refractivity contribution in [2.24, 2.45) is 11.3 Å². The normalized spacial score (nSPS) is 31.3. The minimum Gasteiger partial charge on any atom is -0.385 e. The van der Waals surface area contributed by atoms with Gasteiger partial charge in [0.25, 0.3) is 0 Å². The van der Waals surface area contributed by atoms with Crippen LogP contribution in [-0.2, 0) is 5.60 Å². The Morgan fingerprint density at radius 3 is 2.44 bits per heavy atom. The SMILES string of the molecule is Cc1cccc(C2(O)CCC(C)(C)CC2C)c1C. The van der Waals surface area contributed by atoms with Gasteiger partial charge in [-0.15, -0.1) is 0 Å². The second kappa shape index (κ2) is 4.38. The molecule has 1 aromatic carbocycles. The average molecular weight is 246 g/mol. The first-order chi connectivity index (χ1) is 8.26. The average Bonchev–Trinajstić information content (AvgIpc) is 2.28. The van der Waals surface area contributed by atoms with Crippen LogP contribution in [-0.4, -0.2) is 5.11 Å². The minimum atomic E-state index is -0.633. The van der Waals surface area contributed by atoms with Crippen LogP contribution in [0.1, 0.15) is 56.7 Å². The van der Waals surface area contributed by atoms with Crippen LogP contribution in [0.5, 0.6) is 0 Å². The Balaban J connectivity index is 2.40. The number of hydrogen-bond donors (Lipinski definition) is 1. The van der Waals surface area contributed by atoms with E-state index in [0.717, 1.165) is 24.8 Å². The lowest BCUT2D eigenvalue weighted by atomic mass is 9.63. The van der Waals surface area contributed by atoms with E-state index in [-0.39, 0.29) is 0 Å². The smallest absolute Gasteiger partial charge is 0.0924 e. The summed E-state index contributed by atoms with van der Waals surface area (Å²) in [6.45, 7) is 11.1. The summed E-state index contributed by atoms with van der Waals surface area (Å²) in [5.74, 6) is 0.321. The molecule has 1 nitrogen and oxygen atoms in total. The Morgan fingerprint density at radius 1 is 1.17 bits per heavy atom. The molecule has 100 valence electrons. The largest absolute Gasteiger partial charge is 0.385 e. The zero-order valence-corrected chi connectivity index (χ0v) is 12.4. The van der Waals surface area contributed by atoms with E-state index in [0.29, 0.717) is 11.3 Å². The van der Waals surface area contributed by atoms with Gasteiger partial charge < -0.3 is 5.11 Å². The monoisotopic (exact) mass is 246 g/mol. The van der Waals surface area contributed by atoms with Gasteiger partial charge in [-0.2, -0.15) is 0 Å². The zero-order chi connectivity index (χ0) is 13.6. The Hall–Kier alpha value is -0.820. The molecule has 1 aromatic rings. The second-order valence-corrected chi connectivity index (χ2v) is 6.94. The molecule has 1 fully saturated rings. The lowest BCUT2D eigenvalue weighted by molar-refractivity contribution is -0.0774. The van der Waals surface area contributed by atoms with Crippen molar-refractivity contribution >= 4 is 0 Å². The lowest BCUT2D eigenvalue weighted by Crippen LogP contribution is -2.42. The molecule has 1 aliphatic carbocycles. The van der Waals surface area contributed by atoms with Crippen molar-refractivity contribution in [3.05, 3.63) is 34.9 Å². The highest BCUT2D eigenvalue weighted by Crippen LogP contribution is 2.49. The van der Waals surface area contributed by atoms with E-state index in [1.807, 2.05) is 0 Å². The number of aryl methyl sites for hydroxylation is 1. The molecule has 1 saturated carbocycles. The van der Waals surface area contributed by atoms with Crippen molar-refractivity contribution in [3.63, 3.8) is 0 Å². The molecule has 0 heterocycles. The van der Waals surface area contributed by atoms with Gasteiger partial charge in [0, 0.05) is 0 Å². The molecule has 2 unspecified atom stereocenters. The zero-order valence-electron chi connectivity index (χ0n) is 12.4. The molecule has 1 heteroatoms. The summed E-state index contributed by atoms with van der Waals surface area (Å²) in [5, 5.41) is 11.1. The Kier molecular flexibility index (Phi) is 3.31. The molecule has 0 radical (unpaired) electrons. The predicted molar refractivity (Wildman–Crippen MR) is 76.6 cm³/mol. The van der Waals surface area contributed by atoms with Crippen molar-refractivity contribution in [2.75, 3.05) is 0 Å². The molecule has 0 amide bonds. The van der Waals surface area contributed by atoms with Crippen LogP contribution >= 0.6 is 0 Å². The van der Waals surface area contributed by atoms with Crippen molar-refractivity contribution in [1.82, 2.24) is 0 Å². The van der Waals surface area contributed by atoms with Crippen LogP contribution in [0.25, 0.3) is 0 Å². The molecule has 2 rings (SSSR count). The summed E-state index contributed by atoms with van der Waals surface area (Å²) in [6, 6.07) is 6.30. The third kappa shape index (κ3) is 2.21. The first kappa shape index (κ1) is 13.6. The van der Waals surface area contributed by atoms with E-state index in [1.165, 1.54) is 11.1 Å². The molecule has 0 bridgehead atoms. The summed E-state index contributed by atoms with van der Waals surface area (Å²) < 4.78 is 0. The van der Waals surface area contributed by atoms with E-state index in [2.05, 4.69) is 52.8 Å². The summed E-state index contributed by atoms with van der Waals surface area (Å²) in [6.07, 6.45) is 3.07. The fourth-order valence-electron chi connectivity index (χ4n) is 3.50. The van der Waals surface area contributed by atoms with Crippen LogP contribution in [0.3, 0.4) is 0 Å². The maximum absolute atomic E-state index is 11.1. The number of hydrogen-bond acceptors (Lipinski definition) is 1.